The number of unbranched alkanes of at least 4 members (excludes halogenated alkanes) is 14. The Kier molecular flexibility index (Phi) is 25.8. The second-order valence-electron chi connectivity index (χ2n) is 7.79. The predicted molar refractivity (Wildman–Crippen MR) is 118 cm³/mol. The van der Waals surface area contributed by atoms with Gasteiger partial charge in [0.15, 0.2) is 0 Å². The fraction of sp³-hybridized carbons (Fsp3) is 1.00. The molecule has 0 aromatic rings. The van der Waals surface area contributed by atoms with E-state index in [9.17, 15) is 0 Å². The summed E-state index contributed by atoms with van der Waals surface area (Å²) in [7, 11) is 0. The van der Waals surface area contributed by atoms with E-state index in [4.69, 9.17) is 14.2 Å². The van der Waals surface area contributed by atoms with E-state index in [2.05, 4.69) is 13.8 Å². The standard InChI is InChI=1S/C24H50O3/c1-3-5-7-9-11-13-15-17-19-25-21-23-27-24-22-26-20-18-16-14-12-10-8-6-4-2/h3-24H2,1-2H3. The minimum absolute atomic E-state index is 0.693. The van der Waals surface area contributed by atoms with Crippen LogP contribution in [-0.2, 0) is 14.2 Å². The van der Waals surface area contributed by atoms with Gasteiger partial charge in [-0.15, -0.1) is 0 Å². The van der Waals surface area contributed by atoms with Crippen molar-refractivity contribution < 1.29 is 14.2 Å². The summed E-state index contributed by atoms with van der Waals surface area (Å²) in [5.41, 5.74) is 0. The third-order valence-electron chi connectivity index (χ3n) is 5.03. The molecule has 0 radical (unpaired) electrons. The second-order valence-corrected chi connectivity index (χ2v) is 7.79. The normalized spacial score (nSPS) is 11.3. The van der Waals surface area contributed by atoms with Gasteiger partial charge in [-0.2, -0.15) is 0 Å². The molecule has 0 amide bonds. The van der Waals surface area contributed by atoms with Gasteiger partial charge in [0.05, 0.1) is 26.4 Å². The molecule has 0 saturated carbocycles. The summed E-state index contributed by atoms with van der Waals surface area (Å²) in [5.74, 6) is 0. The van der Waals surface area contributed by atoms with Gasteiger partial charge in [-0.1, -0.05) is 104 Å². The quantitative estimate of drug-likeness (QED) is 0.163. The average molecular weight is 387 g/mol. The van der Waals surface area contributed by atoms with Gasteiger partial charge >= 0.3 is 0 Å². The second kappa shape index (κ2) is 25.9. The van der Waals surface area contributed by atoms with E-state index in [1.165, 1.54) is 103 Å². The highest BCUT2D eigenvalue weighted by molar-refractivity contribution is 4.47. The zero-order chi connectivity index (χ0) is 19.7. The van der Waals surface area contributed by atoms with Gasteiger partial charge in [0.1, 0.15) is 0 Å². The van der Waals surface area contributed by atoms with Crippen molar-refractivity contribution in [2.75, 3.05) is 39.6 Å². The van der Waals surface area contributed by atoms with Gasteiger partial charge in [0.2, 0.25) is 0 Å². The van der Waals surface area contributed by atoms with Crippen molar-refractivity contribution >= 4 is 0 Å². The van der Waals surface area contributed by atoms with Gasteiger partial charge in [-0.3, -0.25) is 0 Å². The van der Waals surface area contributed by atoms with Crippen LogP contribution in [-0.4, -0.2) is 39.6 Å². The maximum atomic E-state index is 5.62. The SMILES string of the molecule is CCCCCCCCCCOCCOCCOCCCCCCCCCC. The first-order valence-electron chi connectivity index (χ1n) is 12.1. The van der Waals surface area contributed by atoms with Crippen molar-refractivity contribution in [1.29, 1.82) is 0 Å². The predicted octanol–water partition coefficient (Wildman–Crippen LogP) is 7.32. The van der Waals surface area contributed by atoms with Crippen molar-refractivity contribution in [2.45, 2.75) is 117 Å². The fourth-order valence-electron chi connectivity index (χ4n) is 3.22. The van der Waals surface area contributed by atoms with Crippen LogP contribution in [0.2, 0.25) is 0 Å². The lowest BCUT2D eigenvalue weighted by molar-refractivity contribution is 0.0132. The number of hydrogen-bond acceptors (Lipinski definition) is 3. The molecule has 0 bridgehead atoms. The molecule has 0 heterocycles. The summed E-state index contributed by atoms with van der Waals surface area (Å²) < 4.78 is 16.8. The molecule has 3 nitrogen and oxygen atoms in total. The van der Waals surface area contributed by atoms with Crippen LogP contribution in [0, 0.1) is 0 Å². The molecule has 0 fully saturated rings. The minimum Gasteiger partial charge on any atom is -0.379 e. The van der Waals surface area contributed by atoms with Gasteiger partial charge in [-0.25, -0.2) is 0 Å². The van der Waals surface area contributed by atoms with Crippen LogP contribution in [0.25, 0.3) is 0 Å². The minimum atomic E-state index is 0.693. The largest absolute Gasteiger partial charge is 0.379 e. The number of hydrogen-bond donors (Lipinski definition) is 0. The molecule has 0 aromatic carbocycles. The Bertz CT molecular complexity index is 222. The van der Waals surface area contributed by atoms with E-state index in [1.807, 2.05) is 0 Å². The van der Waals surface area contributed by atoms with Crippen LogP contribution in [0.3, 0.4) is 0 Å². The molecule has 3 heteroatoms. The smallest absolute Gasteiger partial charge is 0.0701 e. The lowest BCUT2D eigenvalue weighted by Crippen LogP contribution is -2.10. The highest BCUT2D eigenvalue weighted by atomic mass is 16.5. The average Bonchev–Trinajstić information content (AvgIpc) is 2.68. The first-order valence-corrected chi connectivity index (χ1v) is 12.1. The highest BCUT2D eigenvalue weighted by Crippen LogP contribution is 2.09. The zero-order valence-electron chi connectivity index (χ0n) is 18.8. The fourth-order valence-corrected chi connectivity index (χ4v) is 3.22. The highest BCUT2D eigenvalue weighted by Gasteiger charge is 1.95. The summed E-state index contributed by atoms with van der Waals surface area (Å²) in [6.45, 7) is 9.12. The van der Waals surface area contributed by atoms with Gasteiger partial charge in [0.25, 0.3) is 0 Å². The molecular formula is C24H50O3. The molecule has 0 aliphatic rings. The molecular weight excluding hydrogens is 336 g/mol. The summed E-state index contributed by atoms with van der Waals surface area (Å²) in [4.78, 5) is 0. The monoisotopic (exact) mass is 386 g/mol. The third kappa shape index (κ3) is 25.9. The molecule has 0 saturated heterocycles. The molecule has 164 valence electrons. The first kappa shape index (κ1) is 26.9. The lowest BCUT2D eigenvalue weighted by Gasteiger charge is -2.07. The maximum absolute atomic E-state index is 5.62. The van der Waals surface area contributed by atoms with Gasteiger partial charge < -0.3 is 14.2 Å². The molecule has 27 heavy (non-hydrogen) atoms. The number of rotatable bonds is 24. The molecule has 0 aliphatic heterocycles. The molecule has 0 unspecified atom stereocenters. The molecule has 0 rings (SSSR count). The maximum Gasteiger partial charge on any atom is 0.0701 e. The van der Waals surface area contributed by atoms with Crippen LogP contribution in [0.1, 0.15) is 117 Å². The Morgan fingerprint density at radius 1 is 0.296 bits per heavy atom. The van der Waals surface area contributed by atoms with E-state index in [-0.39, 0.29) is 0 Å². The van der Waals surface area contributed by atoms with Crippen molar-refractivity contribution in [3.8, 4) is 0 Å². The lowest BCUT2D eigenvalue weighted by atomic mass is 10.1. The third-order valence-corrected chi connectivity index (χ3v) is 5.03. The number of ether oxygens (including phenoxy) is 3. The summed E-state index contributed by atoms with van der Waals surface area (Å²) in [6.07, 6.45) is 21.6. The zero-order valence-corrected chi connectivity index (χ0v) is 18.8. The Balaban J connectivity index is 2.95. The summed E-state index contributed by atoms with van der Waals surface area (Å²) in [6, 6.07) is 0. The van der Waals surface area contributed by atoms with Crippen molar-refractivity contribution in [2.24, 2.45) is 0 Å². The van der Waals surface area contributed by atoms with Gasteiger partial charge in [0, 0.05) is 13.2 Å². The molecule has 0 spiro atoms. The van der Waals surface area contributed by atoms with Crippen LogP contribution < -0.4 is 0 Å². The summed E-state index contributed by atoms with van der Waals surface area (Å²) in [5, 5.41) is 0. The molecule has 0 N–H and O–H groups in total. The Hall–Kier alpha value is -0.120. The van der Waals surface area contributed by atoms with Crippen molar-refractivity contribution in [1.82, 2.24) is 0 Å². The van der Waals surface area contributed by atoms with E-state index < -0.39 is 0 Å². The van der Waals surface area contributed by atoms with Gasteiger partial charge in [-0.05, 0) is 12.8 Å². The van der Waals surface area contributed by atoms with E-state index >= 15 is 0 Å². The molecule has 0 aliphatic carbocycles. The van der Waals surface area contributed by atoms with E-state index in [1.54, 1.807) is 0 Å². The Morgan fingerprint density at radius 3 is 0.889 bits per heavy atom. The topological polar surface area (TPSA) is 27.7 Å². The van der Waals surface area contributed by atoms with E-state index in [0.717, 1.165) is 13.2 Å². The Labute approximate surface area is 170 Å². The molecule has 0 atom stereocenters. The van der Waals surface area contributed by atoms with Crippen LogP contribution in [0.15, 0.2) is 0 Å². The van der Waals surface area contributed by atoms with E-state index in [0.29, 0.717) is 26.4 Å². The van der Waals surface area contributed by atoms with Crippen LogP contribution in [0.5, 0.6) is 0 Å². The van der Waals surface area contributed by atoms with Crippen molar-refractivity contribution in [3.63, 3.8) is 0 Å². The Morgan fingerprint density at radius 2 is 0.556 bits per heavy atom. The first-order chi connectivity index (χ1) is 13.4. The summed E-state index contributed by atoms with van der Waals surface area (Å²) >= 11 is 0. The van der Waals surface area contributed by atoms with Crippen LogP contribution >= 0.6 is 0 Å². The van der Waals surface area contributed by atoms with Crippen LogP contribution in [0.4, 0.5) is 0 Å². The van der Waals surface area contributed by atoms with Crippen molar-refractivity contribution in [3.05, 3.63) is 0 Å². The molecule has 0 aromatic heterocycles.